The van der Waals surface area contributed by atoms with Crippen LogP contribution in [0.3, 0.4) is 0 Å². The Morgan fingerprint density at radius 2 is 1.67 bits per heavy atom. The molecule has 0 aromatic heterocycles. The lowest BCUT2D eigenvalue weighted by Crippen LogP contribution is -2.50. The molecule has 0 heterocycles. The fraction of sp³-hybridized carbons (Fsp3) is 0.400. The summed E-state index contributed by atoms with van der Waals surface area (Å²) in [6.45, 7) is 2.26. The molecule has 182 valence electrons. The number of anilines is 1. The van der Waals surface area contributed by atoms with Gasteiger partial charge in [0.15, 0.2) is 0 Å². The van der Waals surface area contributed by atoms with Gasteiger partial charge in [0.05, 0.1) is 0 Å². The SMILES string of the molecule is C/C(C=O)=C(\NCC(N)CNc1ccc(C(=O)NC(CCC(=O)O)C(=O)O)cc1)NC(N)N. The molecule has 1 amide bonds. The Hall–Kier alpha value is -3.68. The largest absolute Gasteiger partial charge is 0.481 e. The molecule has 0 bridgehead atoms. The normalized spacial score (nSPS) is 13.4. The smallest absolute Gasteiger partial charge is 0.326 e. The Kier molecular flexibility index (Phi) is 11.3. The molecular formula is C20H31N7O6. The zero-order valence-corrected chi connectivity index (χ0v) is 18.2. The minimum Gasteiger partial charge on any atom is -0.481 e. The van der Waals surface area contributed by atoms with Crippen molar-refractivity contribution < 1.29 is 29.4 Å². The standard InChI is InChI=1S/C20H31N7O6/c1-11(10-28)17(27-20(22)23)25-9-13(21)8-24-14-4-2-12(3-5-14)18(31)26-15(19(32)33)6-7-16(29)30/h2-5,10,13,15,20,24-25,27H,6-9,21-23H2,1H3,(H,26,31)(H,29,30)(H,32,33)/b17-11-. The molecular weight excluding hydrogens is 434 g/mol. The first-order valence-corrected chi connectivity index (χ1v) is 10.1. The van der Waals surface area contributed by atoms with Crippen LogP contribution in [0.2, 0.25) is 0 Å². The Morgan fingerprint density at radius 3 is 2.18 bits per heavy atom. The van der Waals surface area contributed by atoms with Gasteiger partial charge in [0, 0.05) is 42.4 Å². The zero-order chi connectivity index (χ0) is 25.0. The summed E-state index contributed by atoms with van der Waals surface area (Å²) in [5.41, 5.74) is 18.3. The first-order valence-electron chi connectivity index (χ1n) is 10.1. The second kappa shape index (κ2) is 13.7. The number of benzene rings is 1. The number of carbonyl (C=O) groups is 4. The molecule has 0 aliphatic rings. The Morgan fingerprint density at radius 1 is 1.03 bits per heavy atom. The molecule has 12 N–H and O–H groups in total. The maximum Gasteiger partial charge on any atom is 0.326 e. The highest BCUT2D eigenvalue weighted by molar-refractivity contribution is 5.96. The van der Waals surface area contributed by atoms with Crippen LogP contribution in [0, 0.1) is 0 Å². The minimum atomic E-state index is -1.31. The fourth-order valence-corrected chi connectivity index (χ4v) is 2.59. The van der Waals surface area contributed by atoms with Gasteiger partial charge in [-0.25, -0.2) is 4.79 Å². The maximum atomic E-state index is 12.3. The highest BCUT2D eigenvalue weighted by Crippen LogP contribution is 2.10. The number of hydrogen-bond acceptors (Lipinski definition) is 10. The van der Waals surface area contributed by atoms with Crippen molar-refractivity contribution in [2.75, 3.05) is 18.4 Å². The van der Waals surface area contributed by atoms with Gasteiger partial charge in [0.1, 0.15) is 24.4 Å². The van der Waals surface area contributed by atoms with Crippen molar-refractivity contribution in [3.63, 3.8) is 0 Å². The summed E-state index contributed by atoms with van der Waals surface area (Å²) in [7, 11) is 0. The molecule has 1 aromatic rings. The topological polar surface area (TPSA) is 235 Å². The molecule has 2 atom stereocenters. The third-order valence-electron chi connectivity index (χ3n) is 4.39. The quantitative estimate of drug-likeness (QED) is 0.0799. The van der Waals surface area contributed by atoms with Crippen molar-refractivity contribution in [2.24, 2.45) is 17.2 Å². The number of carboxylic acid groups (broad SMARTS) is 2. The summed E-state index contributed by atoms with van der Waals surface area (Å²) in [6.07, 6.45) is -0.798. The Balaban J connectivity index is 2.59. The van der Waals surface area contributed by atoms with Crippen LogP contribution in [0.15, 0.2) is 35.7 Å². The van der Waals surface area contributed by atoms with Gasteiger partial charge in [0.25, 0.3) is 5.91 Å². The molecule has 13 heteroatoms. The van der Waals surface area contributed by atoms with E-state index in [0.29, 0.717) is 36.5 Å². The number of nitrogens with two attached hydrogens (primary N) is 3. The van der Waals surface area contributed by atoms with E-state index in [2.05, 4.69) is 21.3 Å². The number of rotatable bonds is 15. The van der Waals surface area contributed by atoms with E-state index in [1.165, 1.54) is 12.1 Å². The van der Waals surface area contributed by atoms with Crippen molar-refractivity contribution >= 4 is 29.8 Å². The van der Waals surface area contributed by atoms with Gasteiger partial charge in [-0.1, -0.05) is 0 Å². The van der Waals surface area contributed by atoms with Gasteiger partial charge >= 0.3 is 11.9 Å². The van der Waals surface area contributed by atoms with E-state index in [4.69, 9.17) is 27.4 Å². The molecule has 0 saturated carbocycles. The number of aldehydes is 1. The highest BCUT2D eigenvalue weighted by Gasteiger charge is 2.21. The molecule has 0 aliphatic carbocycles. The first-order chi connectivity index (χ1) is 15.5. The van der Waals surface area contributed by atoms with Gasteiger partial charge in [0.2, 0.25) is 0 Å². The van der Waals surface area contributed by atoms with Crippen LogP contribution in [0.5, 0.6) is 0 Å². The first kappa shape index (κ1) is 27.4. The second-order valence-electron chi connectivity index (χ2n) is 7.24. The van der Waals surface area contributed by atoms with Crippen molar-refractivity contribution in [3.05, 3.63) is 41.2 Å². The fourth-order valence-electron chi connectivity index (χ4n) is 2.59. The van der Waals surface area contributed by atoms with E-state index < -0.39 is 30.2 Å². The zero-order valence-electron chi connectivity index (χ0n) is 18.2. The van der Waals surface area contributed by atoms with Crippen molar-refractivity contribution in [1.29, 1.82) is 0 Å². The maximum absolute atomic E-state index is 12.3. The lowest BCUT2D eigenvalue weighted by Gasteiger charge is -2.20. The van der Waals surface area contributed by atoms with Crippen LogP contribution in [0.4, 0.5) is 5.69 Å². The summed E-state index contributed by atoms with van der Waals surface area (Å²) >= 11 is 0. The van der Waals surface area contributed by atoms with E-state index in [1.54, 1.807) is 19.1 Å². The monoisotopic (exact) mass is 465 g/mol. The predicted octanol–water partition coefficient (Wildman–Crippen LogP) is -1.72. The molecule has 13 nitrogen and oxygen atoms in total. The lowest BCUT2D eigenvalue weighted by atomic mass is 10.1. The van der Waals surface area contributed by atoms with E-state index in [9.17, 15) is 19.2 Å². The van der Waals surface area contributed by atoms with Crippen LogP contribution in [0.1, 0.15) is 30.1 Å². The summed E-state index contributed by atoms with van der Waals surface area (Å²) in [4.78, 5) is 45.1. The number of aliphatic carboxylic acids is 2. The van der Waals surface area contributed by atoms with Gasteiger partial charge in [-0.3, -0.25) is 25.9 Å². The van der Waals surface area contributed by atoms with Gasteiger partial charge in [-0.05, 0) is 37.6 Å². The highest BCUT2D eigenvalue weighted by atomic mass is 16.4. The van der Waals surface area contributed by atoms with Crippen molar-refractivity contribution in [1.82, 2.24) is 16.0 Å². The van der Waals surface area contributed by atoms with Crippen molar-refractivity contribution in [3.8, 4) is 0 Å². The van der Waals surface area contributed by atoms with Gasteiger partial charge < -0.3 is 37.2 Å². The summed E-state index contributed by atoms with van der Waals surface area (Å²) in [5.74, 6) is -2.70. The summed E-state index contributed by atoms with van der Waals surface area (Å²) in [6, 6.07) is 4.58. The molecule has 0 saturated heterocycles. The number of amides is 1. The van der Waals surface area contributed by atoms with Crippen LogP contribution in [-0.4, -0.2) is 65.8 Å². The molecule has 1 aromatic carbocycles. The third-order valence-corrected chi connectivity index (χ3v) is 4.39. The van der Waals surface area contributed by atoms with E-state index in [1.807, 2.05) is 0 Å². The number of carboxylic acids is 2. The molecule has 0 aliphatic heterocycles. The number of hydrogen-bond donors (Lipinski definition) is 9. The van der Waals surface area contributed by atoms with E-state index in [-0.39, 0.29) is 24.4 Å². The van der Waals surface area contributed by atoms with Crippen LogP contribution in [0.25, 0.3) is 0 Å². The third kappa shape index (κ3) is 10.5. The lowest BCUT2D eigenvalue weighted by molar-refractivity contribution is -0.140. The average Bonchev–Trinajstić information content (AvgIpc) is 2.76. The summed E-state index contributed by atoms with van der Waals surface area (Å²) < 4.78 is 0. The van der Waals surface area contributed by atoms with E-state index in [0.717, 1.165) is 0 Å². The Labute approximate surface area is 190 Å². The number of carbonyl (C=O) groups excluding carboxylic acids is 2. The molecule has 0 radical (unpaired) electrons. The van der Waals surface area contributed by atoms with Crippen LogP contribution < -0.4 is 38.5 Å². The number of nitrogens with one attached hydrogen (secondary N) is 4. The average molecular weight is 466 g/mol. The van der Waals surface area contributed by atoms with Crippen LogP contribution in [-0.2, 0) is 14.4 Å². The minimum absolute atomic E-state index is 0.219. The molecule has 0 spiro atoms. The van der Waals surface area contributed by atoms with Gasteiger partial charge in [-0.2, -0.15) is 0 Å². The van der Waals surface area contributed by atoms with Crippen LogP contribution >= 0.6 is 0 Å². The van der Waals surface area contributed by atoms with Gasteiger partial charge in [-0.15, -0.1) is 0 Å². The van der Waals surface area contributed by atoms with E-state index >= 15 is 0 Å². The Bertz CT molecular complexity index is 857. The molecule has 2 unspecified atom stereocenters. The van der Waals surface area contributed by atoms with Crippen molar-refractivity contribution in [2.45, 2.75) is 38.1 Å². The number of allylic oxidation sites excluding steroid dienone is 1. The molecule has 0 fully saturated rings. The second-order valence-corrected chi connectivity index (χ2v) is 7.24. The molecule has 1 rings (SSSR count). The predicted molar refractivity (Wildman–Crippen MR) is 121 cm³/mol. The molecule has 33 heavy (non-hydrogen) atoms. The summed E-state index contributed by atoms with van der Waals surface area (Å²) in [5, 5.41) is 28.9.